The maximum Gasteiger partial charge on any atom is 0.307 e. The van der Waals surface area contributed by atoms with Crippen LogP contribution in [0.4, 0.5) is 0 Å². The summed E-state index contributed by atoms with van der Waals surface area (Å²) in [5.74, 6) is -1.57. The lowest BCUT2D eigenvalue weighted by Crippen LogP contribution is -2.42. The van der Waals surface area contributed by atoms with E-state index in [0.717, 1.165) is 12.8 Å². The molecule has 19 heavy (non-hydrogen) atoms. The van der Waals surface area contributed by atoms with Crippen molar-refractivity contribution in [2.45, 2.75) is 39.7 Å². The van der Waals surface area contributed by atoms with Crippen LogP contribution in [0.1, 0.15) is 33.6 Å². The van der Waals surface area contributed by atoms with Gasteiger partial charge < -0.3 is 15.1 Å². The van der Waals surface area contributed by atoms with Gasteiger partial charge in [-0.3, -0.25) is 9.59 Å². The first-order valence-corrected chi connectivity index (χ1v) is 6.96. The van der Waals surface area contributed by atoms with Gasteiger partial charge in [0.25, 0.3) is 0 Å². The Hall–Kier alpha value is -1.10. The van der Waals surface area contributed by atoms with Crippen LogP contribution in [0.25, 0.3) is 0 Å². The molecule has 5 heteroatoms. The third kappa shape index (κ3) is 2.48. The minimum atomic E-state index is -0.873. The fraction of sp³-hybridized carbons (Fsp3) is 0.857. The molecule has 0 aromatic rings. The maximum absolute atomic E-state index is 12.4. The van der Waals surface area contributed by atoms with E-state index in [1.807, 2.05) is 13.8 Å². The average molecular weight is 269 g/mol. The first kappa shape index (κ1) is 14.3. The molecule has 0 radical (unpaired) electrons. The molecule has 1 aliphatic carbocycles. The SMILES string of the molecule is CC(O)C1CCN(C(=O)C2C(C(=O)O)C2(C)C)CC1. The van der Waals surface area contributed by atoms with E-state index in [4.69, 9.17) is 5.11 Å². The molecule has 2 rings (SSSR count). The molecule has 3 atom stereocenters. The highest BCUT2D eigenvalue weighted by molar-refractivity contribution is 5.91. The largest absolute Gasteiger partial charge is 0.481 e. The molecule has 1 saturated carbocycles. The number of nitrogens with zero attached hydrogens (tertiary/aromatic N) is 1. The zero-order valence-corrected chi connectivity index (χ0v) is 11.8. The van der Waals surface area contributed by atoms with E-state index in [9.17, 15) is 14.7 Å². The lowest BCUT2D eigenvalue weighted by atomic mass is 9.92. The second-order valence-electron chi connectivity index (χ2n) is 6.52. The first-order chi connectivity index (χ1) is 8.76. The van der Waals surface area contributed by atoms with Gasteiger partial charge in [0, 0.05) is 13.1 Å². The second kappa shape index (κ2) is 4.78. The molecule has 2 aliphatic rings. The Morgan fingerprint density at radius 2 is 1.74 bits per heavy atom. The highest BCUT2D eigenvalue weighted by Crippen LogP contribution is 2.59. The molecule has 1 saturated heterocycles. The summed E-state index contributed by atoms with van der Waals surface area (Å²) in [6.45, 7) is 6.74. The lowest BCUT2D eigenvalue weighted by Gasteiger charge is -2.33. The summed E-state index contributed by atoms with van der Waals surface area (Å²) < 4.78 is 0. The van der Waals surface area contributed by atoms with Crippen molar-refractivity contribution in [3.63, 3.8) is 0 Å². The summed E-state index contributed by atoms with van der Waals surface area (Å²) in [5, 5.41) is 18.7. The molecular weight excluding hydrogens is 246 g/mol. The summed E-state index contributed by atoms with van der Waals surface area (Å²) >= 11 is 0. The van der Waals surface area contributed by atoms with Gasteiger partial charge in [-0.1, -0.05) is 13.8 Å². The minimum absolute atomic E-state index is 0.0264. The van der Waals surface area contributed by atoms with Crippen molar-refractivity contribution in [3.05, 3.63) is 0 Å². The van der Waals surface area contributed by atoms with Gasteiger partial charge in [0.15, 0.2) is 0 Å². The molecule has 5 nitrogen and oxygen atoms in total. The predicted octanol–water partition coefficient (Wildman–Crippen LogP) is 0.963. The van der Waals surface area contributed by atoms with Crippen molar-refractivity contribution in [2.24, 2.45) is 23.2 Å². The molecule has 3 unspecified atom stereocenters. The number of piperidine rings is 1. The zero-order valence-electron chi connectivity index (χ0n) is 11.8. The van der Waals surface area contributed by atoms with E-state index >= 15 is 0 Å². The van der Waals surface area contributed by atoms with Crippen molar-refractivity contribution in [2.75, 3.05) is 13.1 Å². The van der Waals surface area contributed by atoms with E-state index in [1.165, 1.54) is 0 Å². The van der Waals surface area contributed by atoms with Crippen LogP contribution in [0, 0.1) is 23.2 Å². The van der Waals surface area contributed by atoms with Crippen molar-refractivity contribution < 1.29 is 19.8 Å². The van der Waals surface area contributed by atoms with E-state index in [-0.39, 0.29) is 23.8 Å². The van der Waals surface area contributed by atoms with Crippen LogP contribution in [-0.2, 0) is 9.59 Å². The van der Waals surface area contributed by atoms with E-state index in [2.05, 4.69) is 0 Å². The summed E-state index contributed by atoms with van der Waals surface area (Å²) in [7, 11) is 0. The van der Waals surface area contributed by atoms with Gasteiger partial charge in [-0.15, -0.1) is 0 Å². The Kier molecular flexibility index (Phi) is 3.60. The second-order valence-corrected chi connectivity index (χ2v) is 6.52. The number of aliphatic hydroxyl groups is 1. The van der Waals surface area contributed by atoms with Gasteiger partial charge in [0.2, 0.25) is 5.91 Å². The number of amides is 1. The van der Waals surface area contributed by atoms with Crippen LogP contribution >= 0.6 is 0 Å². The van der Waals surface area contributed by atoms with E-state index in [1.54, 1.807) is 11.8 Å². The third-order valence-electron chi connectivity index (χ3n) is 4.89. The highest BCUT2D eigenvalue weighted by atomic mass is 16.4. The molecule has 0 aromatic heterocycles. The number of hydrogen-bond donors (Lipinski definition) is 2. The fourth-order valence-electron chi connectivity index (χ4n) is 3.36. The Labute approximate surface area is 113 Å². The molecular formula is C14H23NO4. The van der Waals surface area contributed by atoms with Gasteiger partial charge in [-0.05, 0) is 31.1 Å². The van der Waals surface area contributed by atoms with E-state index < -0.39 is 17.3 Å². The Morgan fingerprint density at radius 3 is 2.11 bits per heavy atom. The van der Waals surface area contributed by atoms with Crippen molar-refractivity contribution in [3.8, 4) is 0 Å². The molecule has 1 heterocycles. The number of aliphatic carboxylic acids is 1. The van der Waals surface area contributed by atoms with Gasteiger partial charge in [0.05, 0.1) is 17.9 Å². The average Bonchev–Trinajstić information content (AvgIpc) is 2.91. The third-order valence-corrected chi connectivity index (χ3v) is 4.89. The van der Waals surface area contributed by atoms with Gasteiger partial charge in [-0.25, -0.2) is 0 Å². The van der Waals surface area contributed by atoms with Gasteiger partial charge in [-0.2, -0.15) is 0 Å². The van der Waals surface area contributed by atoms with Crippen LogP contribution in [0.2, 0.25) is 0 Å². The topological polar surface area (TPSA) is 77.8 Å². The molecule has 0 aromatic carbocycles. The number of carboxylic acids is 1. The highest BCUT2D eigenvalue weighted by Gasteiger charge is 2.66. The summed E-state index contributed by atoms with van der Waals surface area (Å²) in [4.78, 5) is 25.3. The smallest absolute Gasteiger partial charge is 0.307 e. The van der Waals surface area contributed by atoms with Crippen LogP contribution in [0.5, 0.6) is 0 Å². The number of likely N-dealkylation sites (tertiary alicyclic amines) is 1. The maximum atomic E-state index is 12.4. The first-order valence-electron chi connectivity index (χ1n) is 6.96. The van der Waals surface area contributed by atoms with Crippen LogP contribution in [0.3, 0.4) is 0 Å². The molecule has 0 bridgehead atoms. The lowest BCUT2D eigenvalue weighted by molar-refractivity contribution is -0.142. The number of carbonyl (C=O) groups is 2. The molecule has 0 spiro atoms. The minimum Gasteiger partial charge on any atom is -0.481 e. The van der Waals surface area contributed by atoms with E-state index in [0.29, 0.717) is 13.1 Å². The van der Waals surface area contributed by atoms with Crippen LogP contribution < -0.4 is 0 Å². The molecule has 2 N–H and O–H groups in total. The van der Waals surface area contributed by atoms with Crippen molar-refractivity contribution >= 4 is 11.9 Å². The Bertz CT molecular complexity index is 383. The molecule has 1 amide bonds. The summed E-state index contributed by atoms with van der Waals surface area (Å²) in [6.07, 6.45) is 1.27. The number of rotatable bonds is 3. The molecule has 2 fully saturated rings. The van der Waals surface area contributed by atoms with Crippen LogP contribution in [-0.4, -0.2) is 46.2 Å². The Morgan fingerprint density at radius 1 is 1.21 bits per heavy atom. The monoisotopic (exact) mass is 269 g/mol. The summed E-state index contributed by atoms with van der Waals surface area (Å²) in [5.41, 5.74) is -0.427. The Balaban J connectivity index is 1.94. The fourth-order valence-corrected chi connectivity index (χ4v) is 3.36. The standard InChI is InChI=1S/C14H23NO4/c1-8(16)9-4-6-15(7-5-9)12(17)10-11(13(18)19)14(10,2)3/h8-11,16H,4-7H2,1-3H3,(H,18,19). The van der Waals surface area contributed by atoms with Crippen molar-refractivity contribution in [1.82, 2.24) is 4.90 Å². The number of carboxylic acid groups (broad SMARTS) is 1. The number of hydrogen-bond acceptors (Lipinski definition) is 3. The zero-order chi connectivity index (χ0) is 14.4. The quantitative estimate of drug-likeness (QED) is 0.800. The number of aliphatic hydroxyl groups excluding tert-OH is 1. The van der Waals surface area contributed by atoms with Gasteiger partial charge in [0.1, 0.15) is 0 Å². The molecule has 1 aliphatic heterocycles. The van der Waals surface area contributed by atoms with Gasteiger partial charge >= 0.3 is 5.97 Å². The number of carbonyl (C=O) groups excluding carboxylic acids is 1. The summed E-state index contributed by atoms with van der Waals surface area (Å²) in [6, 6.07) is 0. The molecule has 108 valence electrons. The van der Waals surface area contributed by atoms with Crippen molar-refractivity contribution in [1.29, 1.82) is 0 Å². The predicted molar refractivity (Wildman–Crippen MR) is 69.4 cm³/mol. The normalized spacial score (nSPS) is 31.9. The van der Waals surface area contributed by atoms with Crippen LogP contribution in [0.15, 0.2) is 0 Å².